The minimum Gasteiger partial charge on any atom is -0.477 e. The molecule has 0 bridgehead atoms. The molecule has 0 saturated heterocycles. The van der Waals surface area contributed by atoms with Crippen LogP contribution >= 0.6 is 0 Å². The zero-order valence-corrected chi connectivity index (χ0v) is 8.66. The first-order chi connectivity index (χ1) is 6.08. The zero-order valence-electron chi connectivity index (χ0n) is 8.66. The highest BCUT2D eigenvalue weighted by Crippen LogP contribution is 2.09. The van der Waals surface area contributed by atoms with E-state index in [0.717, 1.165) is 11.5 Å². The third-order valence-corrected chi connectivity index (χ3v) is 1.51. The summed E-state index contributed by atoms with van der Waals surface area (Å²) in [6.45, 7) is 8.74. The molecular weight excluding hydrogens is 164 g/mol. The Balaban J connectivity index is 2.66. The van der Waals surface area contributed by atoms with Crippen LogP contribution in [0, 0.1) is 19.8 Å². The second-order valence-corrected chi connectivity index (χ2v) is 3.60. The van der Waals surface area contributed by atoms with Crippen LogP contribution in [-0.4, -0.2) is 16.6 Å². The maximum absolute atomic E-state index is 5.48. The summed E-state index contributed by atoms with van der Waals surface area (Å²) >= 11 is 0. The second-order valence-electron chi connectivity index (χ2n) is 3.60. The molecule has 3 nitrogen and oxygen atoms in total. The van der Waals surface area contributed by atoms with Crippen molar-refractivity contribution in [2.24, 2.45) is 5.92 Å². The van der Waals surface area contributed by atoms with E-state index in [1.807, 2.05) is 19.9 Å². The largest absolute Gasteiger partial charge is 0.477 e. The van der Waals surface area contributed by atoms with E-state index in [1.54, 1.807) is 0 Å². The van der Waals surface area contributed by atoms with Gasteiger partial charge in [0.1, 0.15) is 5.82 Å². The predicted molar refractivity (Wildman–Crippen MR) is 51.8 cm³/mol. The first-order valence-electron chi connectivity index (χ1n) is 4.53. The molecule has 0 aliphatic heterocycles. The first kappa shape index (κ1) is 9.96. The summed E-state index contributed by atoms with van der Waals surface area (Å²) in [5.74, 6) is 1.97. The fourth-order valence-corrected chi connectivity index (χ4v) is 1.01. The van der Waals surface area contributed by atoms with Crippen LogP contribution < -0.4 is 4.74 Å². The molecular formula is C10H16N2O. The van der Waals surface area contributed by atoms with Gasteiger partial charge in [0.25, 0.3) is 0 Å². The Bertz CT molecular complexity index is 264. The van der Waals surface area contributed by atoms with Gasteiger partial charge in [-0.3, -0.25) is 0 Å². The molecule has 13 heavy (non-hydrogen) atoms. The van der Waals surface area contributed by atoms with E-state index in [4.69, 9.17) is 4.74 Å². The number of hydrogen-bond donors (Lipinski definition) is 0. The summed E-state index contributed by atoms with van der Waals surface area (Å²) in [7, 11) is 0. The fraction of sp³-hybridized carbons (Fsp3) is 0.600. The molecule has 0 saturated carbocycles. The lowest BCUT2D eigenvalue weighted by Gasteiger charge is -2.08. The van der Waals surface area contributed by atoms with Crippen LogP contribution in [0.4, 0.5) is 0 Å². The molecule has 0 spiro atoms. The van der Waals surface area contributed by atoms with Crippen molar-refractivity contribution in [3.63, 3.8) is 0 Å². The molecule has 0 aliphatic rings. The van der Waals surface area contributed by atoms with Gasteiger partial charge in [-0.05, 0) is 19.8 Å². The summed E-state index contributed by atoms with van der Waals surface area (Å²) in [6, 6.07) is 1.86. The molecule has 0 aliphatic carbocycles. The highest BCUT2D eigenvalue weighted by Gasteiger charge is 2.00. The van der Waals surface area contributed by atoms with Gasteiger partial charge in [-0.15, -0.1) is 0 Å². The van der Waals surface area contributed by atoms with Crippen molar-refractivity contribution in [3.05, 3.63) is 17.6 Å². The van der Waals surface area contributed by atoms with Gasteiger partial charge >= 0.3 is 0 Å². The van der Waals surface area contributed by atoms with E-state index in [-0.39, 0.29) is 0 Å². The quantitative estimate of drug-likeness (QED) is 0.714. The Morgan fingerprint density at radius 1 is 1.31 bits per heavy atom. The minimum absolute atomic E-state index is 0.524. The molecule has 0 radical (unpaired) electrons. The molecule has 0 fully saturated rings. The maximum atomic E-state index is 5.48. The van der Waals surface area contributed by atoms with Gasteiger partial charge in [0.05, 0.1) is 6.61 Å². The van der Waals surface area contributed by atoms with Crippen molar-refractivity contribution in [3.8, 4) is 5.88 Å². The maximum Gasteiger partial charge on any atom is 0.216 e. The predicted octanol–water partition coefficient (Wildman–Crippen LogP) is 2.13. The van der Waals surface area contributed by atoms with Crippen LogP contribution in [0.5, 0.6) is 5.88 Å². The van der Waals surface area contributed by atoms with E-state index in [9.17, 15) is 0 Å². The Morgan fingerprint density at radius 3 is 2.54 bits per heavy atom. The average molecular weight is 180 g/mol. The number of hydrogen-bond acceptors (Lipinski definition) is 3. The number of nitrogens with zero attached hydrogens (tertiary/aromatic N) is 2. The van der Waals surface area contributed by atoms with Crippen LogP contribution in [0.1, 0.15) is 25.4 Å². The van der Waals surface area contributed by atoms with Crippen LogP contribution in [0.3, 0.4) is 0 Å². The molecule has 3 heteroatoms. The Morgan fingerprint density at radius 2 is 2.00 bits per heavy atom. The number of aromatic nitrogens is 2. The standard InChI is InChI=1S/C10H16N2O/c1-7(2)6-13-10-5-8(3)11-9(4)12-10/h5,7H,6H2,1-4H3. The summed E-state index contributed by atoms with van der Waals surface area (Å²) in [5.41, 5.74) is 0.950. The third-order valence-electron chi connectivity index (χ3n) is 1.51. The van der Waals surface area contributed by atoms with Crippen molar-refractivity contribution in [2.45, 2.75) is 27.7 Å². The normalized spacial score (nSPS) is 10.5. The molecule has 1 rings (SSSR count). The van der Waals surface area contributed by atoms with E-state index in [2.05, 4.69) is 23.8 Å². The first-order valence-corrected chi connectivity index (χ1v) is 4.53. The molecule has 0 N–H and O–H groups in total. The van der Waals surface area contributed by atoms with Crippen molar-refractivity contribution >= 4 is 0 Å². The minimum atomic E-state index is 0.524. The van der Waals surface area contributed by atoms with Crippen LogP contribution in [0.15, 0.2) is 6.07 Å². The van der Waals surface area contributed by atoms with E-state index in [0.29, 0.717) is 18.4 Å². The third kappa shape index (κ3) is 3.40. The molecule has 1 heterocycles. The van der Waals surface area contributed by atoms with E-state index < -0.39 is 0 Å². The lowest BCUT2D eigenvalue weighted by Crippen LogP contribution is -2.06. The number of rotatable bonds is 3. The van der Waals surface area contributed by atoms with Gasteiger partial charge in [0.2, 0.25) is 5.88 Å². The Labute approximate surface area is 79.2 Å². The van der Waals surface area contributed by atoms with Gasteiger partial charge in [-0.25, -0.2) is 4.98 Å². The molecule has 0 atom stereocenters. The Hall–Kier alpha value is -1.12. The molecule has 0 amide bonds. The summed E-state index contributed by atoms with van der Waals surface area (Å²) in [5, 5.41) is 0. The van der Waals surface area contributed by atoms with Gasteiger partial charge in [0.15, 0.2) is 0 Å². The fourth-order valence-electron chi connectivity index (χ4n) is 1.01. The molecule has 0 aromatic carbocycles. The van der Waals surface area contributed by atoms with Crippen molar-refractivity contribution in [2.75, 3.05) is 6.61 Å². The van der Waals surface area contributed by atoms with E-state index in [1.165, 1.54) is 0 Å². The van der Waals surface area contributed by atoms with Crippen molar-refractivity contribution < 1.29 is 4.74 Å². The highest BCUT2D eigenvalue weighted by atomic mass is 16.5. The van der Waals surface area contributed by atoms with Crippen LogP contribution in [0.25, 0.3) is 0 Å². The molecule has 1 aromatic heterocycles. The zero-order chi connectivity index (χ0) is 9.84. The summed E-state index contributed by atoms with van der Waals surface area (Å²) in [4.78, 5) is 8.34. The lowest BCUT2D eigenvalue weighted by atomic mass is 10.2. The number of ether oxygens (including phenoxy) is 1. The van der Waals surface area contributed by atoms with E-state index >= 15 is 0 Å². The van der Waals surface area contributed by atoms with Gasteiger partial charge < -0.3 is 4.74 Å². The van der Waals surface area contributed by atoms with Crippen LogP contribution in [0.2, 0.25) is 0 Å². The highest BCUT2D eigenvalue weighted by molar-refractivity contribution is 5.14. The molecule has 72 valence electrons. The number of aryl methyl sites for hydroxylation is 2. The van der Waals surface area contributed by atoms with Gasteiger partial charge in [0, 0.05) is 11.8 Å². The van der Waals surface area contributed by atoms with Crippen molar-refractivity contribution in [1.82, 2.24) is 9.97 Å². The summed E-state index contributed by atoms with van der Waals surface area (Å²) < 4.78 is 5.48. The Kier molecular flexibility index (Phi) is 3.23. The summed E-state index contributed by atoms with van der Waals surface area (Å²) in [6.07, 6.45) is 0. The second kappa shape index (κ2) is 4.21. The SMILES string of the molecule is Cc1cc(OCC(C)C)nc(C)n1. The monoisotopic (exact) mass is 180 g/mol. The molecule has 0 unspecified atom stereocenters. The average Bonchev–Trinajstić information content (AvgIpc) is 1.99. The lowest BCUT2D eigenvalue weighted by molar-refractivity contribution is 0.260. The smallest absolute Gasteiger partial charge is 0.216 e. The van der Waals surface area contributed by atoms with Crippen molar-refractivity contribution in [1.29, 1.82) is 0 Å². The topological polar surface area (TPSA) is 35.0 Å². The van der Waals surface area contributed by atoms with Crippen LogP contribution in [-0.2, 0) is 0 Å². The van der Waals surface area contributed by atoms with Gasteiger partial charge in [-0.2, -0.15) is 4.98 Å². The molecule has 1 aromatic rings. The van der Waals surface area contributed by atoms with Gasteiger partial charge in [-0.1, -0.05) is 13.8 Å².